The first-order valence-corrected chi connectivity index (χ1v) is 9.24. The van der Waals surface area contributed by atoms with E-state index < -0.39 is 0 Å². The van der Waals surface area contributed by atoms with Crippen molar-refractivity contribution in [1.82, 2.24) is 10.2 Å². The summed E-state index contributed by atoms with van der Waals surface area (Å²) in [5.74, 6) is 1.85. The highest BCUT2D eigenvalue weighted by Crippen LogP contribution is 2.58. The first kappa shape index (κ1) is 15.7. The van der Waals surface area contributed by atoms with Crippen molar-refractivity contribution >= 4 is 11.8 Å². The number of furan rings is 1. The Morgan fingerprint density at radius 3 is 2.92 bits per heavy atom. The summed E-state index contributed by atoms with van der Waals surface area (Å²) in [7, 11) is 0. The number of carbonyl (C=O) groups excluding carboxylic acids is 2. The summed E-state index contributed by atoms with van der Waals surface area (Å²) in [5.41, 5.74) is 0.0542. The average Bonchev–Trinajstić information content (AvgIpc) is 3.07. The first-order chi connectivity index (χ1) is 11.7. The van der Waals surface area contributed by atoms with Crippen LogP contribution in [0.2, 0.25) is 0 Å². The van der Waals surface area contributed by atoms with E-state index in [9.17, 15) is 9.59 Å². The minimum Gasteiger partial charge on any atom is -0.467 e. The van der Waals surface area contributed by atoms with Crippen LogP contribution < -0.4 is 5.32 Å². The van der Waals surface area contributed by atoms with E-state index in [0.717, 1.165) is 31.7 Å². The number of carbonyl (C=O) groups is 2. The van der Waals surface area contributed by atoms with Gasteiger partial charge in [-0.2, -0.15) is 0 Å². The molecular formula is C19H26N2O3. The summed E-state index contributed by atoms with van der Waals surface area (Å²) >= 11 is 0. The Morgan fingerprint density at radius 1 is 1.33 bits per heavy atom. The highest BCUT2D eigenvalue weighted by atomic mass is 16.3. The van der Waals surface area contributed by atoms with E-state index in [4.69, 9.17) is 4.42 Å². The van der Waals surface area contributed by atoms with Crippen molar-refractivity contribution in [3.05, 3.63) is 24.2 Å². The summed E-state index contributed by atoms with van der Waals surface area (Å²) in [5, 5.41) is 2.96. The predicted octanol–water partition coefficient (Wildman–Crippen LogP) is 2.71. The molecule has 0 aromatic carbocycles. The van der Waals surface area contributed by atoms with E-state index in [0.29, 0.717) is 24.8 Å². The molecule has 2 heterocycles. The minimum absolute atomic E-state index is 0.0542. The van der Waals surface area contributed by atoms with Crippen LogP contribution in [0, 0.1) is 17.3 Å². The maximum Gasteiger partial charge on any atom is 0.224 e. The van der Waals surface area contributed by atoms with E-state index in [1.807, 2.05) is 17.0 Å². The van der Waals surface area contributed by atoms with Crippen molar-refractivity contribution in [2.24, 2.45) is 17.3 Å². The fraction of sp³-hybridized carbons (Fsp3) is 0.684. The molecule has 1 N–H and O–H groups in total. The maximum absolute atomic E-state index is 12.5. The highest BCUT2D eigenvalue weighted by Gasteiger charge is 2.61. The van der Waals surface area contributed by atoms with Gasteiger partial charge in [-0.1, -0.05) is 12.8 Å². The van der Waals surface area contributed by atoms with Gasteiger partial charge in [0, 0.05) is 30.8 Å². The van der Waals surface area contributed by atoms with Gasteiger partial charge in [-0.05, 0) is 43.7 Å². The first-order valence-electron chi connectivity index (χ1n) is 9.24. The Labute approximate surface area is 142 Å². The summed E-state index contributed by atoms with van der Waals surface area (Å²) in [4.78, 5) is 26.9. The van der Waals surface area contributed by atoms with Crippen molar-refractivity contribution in [3.8, 4) is 0 Å². The van der Waals surface area contributed by atoms with Gasteiger partial charge in [0.2, 0.25) is 11.8 Å². The van der Waals surface area contributed by atoms with Crippen LogP contribution in [0.1, 0.15) is 50.7 Å². The zero-order valence-corrected chi connectivity index (χ0v) is 14.1. The number of rotatable bonds is 5. The monoisotopic (exact) mass is 330 g/mol. The quantitative estimate of drug-likeness (QED) is 0.903. The smallest absolute Gasteiger partial charge is 0.224 e. The highest BCUT2D eigenvalue weighted by molar-refractivity contribution is 5.83. The Hall–Kier alpha value is -1.78. The van der Waals surface area contributed by atoms with Gasteiger partial charge in [0.05, 0.1) is 12.8 Å². The van der Waals surface area contributed by atoms with Crippen LogP contribution in [0.4, 0.5) is 0 Å². The number of nitrogens with zero attached hydrogens (tertiary/aromatic N) is 1. The van der Waals surface area contributed by atoms with Gasteiger partial charge in [0.25, 0.3) is 0 Å². The molecule has 2 saturated carbocycles. The van der Waals surface area contributed by atoms with E-state index in [1.165, 1.54) is 25.7 Å². The lowest BCUT2D eigenvalue weighted by atomic mass is 10.0. The topological polar surface area (TPSA) is 62.6 Å². The number of likely N-dealkylation sites (tertiary alicyclic amines) is 1. The van der Waals surface area contributed by atoms with Gasteiger partial charge in [-0.15, -0.1) is 0 Å². The lowest BCUT2D eigenvalue weighted by molar-refractivity contribution is -0.131. The molecule has 4 rings (SSSR count). The second-order valence-corrected chi connectivity index (χ2v) is 7.84. The molecule has 3 aliphatic rings. The van der Waals surface area contributed by atoms with Crippen molar-refractivity contribution in [2.75, 3.05) is 13.1 Å². The van der Waals surface area contributed by atoms with Crippen LogP contribution in [0.15, 0.2) is 22.8 Å². The molecule has 0 radical (unpaired) electrons. The number of amides is 2. The lowest BCUT2D eigenvalue weighted by Crippen LogP contribution is -2.31. The molecule has 2 atom stereocenters. The predicted molar refractivity (Wildman–Crippen MR) is 88.9 cm³/mol. The van der Waals surface area contributed by atoms with Gasteiger partial charge in [0.15, 0.2) is 0 Å². The van der Waals surface area contributed by atoms with E-state index >= 15 is 0 Å². The fourth-order valence-electron chi connectivity index (χ4n) is 4.58. The van der Waals surface area contributed by atoms with Crippen LogP contribution in [0.5, 0.6) is 0 Å². The van der Waals surface area contributed by atoms with E-state index in [2.05, 4.69) is 5.32 Å². The molecule has 24 heavy (non-hydrogen) atoms. The molecule has 0 unspecified atom stereocenters. The molecule has 1 aromatic heterocycles. The van der Waals surface area contributed by atoms with Gasteiger partial charge in [-0.25, -0.2) is 0 Å². The molecule has 3 fully saturated rings. The third-order valence-electron chi connectivity index (χ3n) is 6.20. The molecular weight excluding hydrogens is 304 g/mol. The fourth-order valence-corrected chi connectivity index (χ4v) is 4.58. The number of nitrogens with one attached hydrogen (secondary N) is 1. The van der Waals surface area contributed by atoms with Gasteiger partial charge in [0.1, 0.15) is 5.76 Å². The summed E-state index contributed by atoms with van der Waals surface area (Å²) in [6.45, 7) is 2.05. The summed E-state index contributed by atoms with van der Waals surface area (Å²) in [6.07, 6.45) is 9.20. The molecule has 5 nitrogen and oxygen atoms in total. The summed E-state index contributed by atoms with van der Waals surface area (Å²) in [6, 6.07) is 3.69. The molecule has 130 valence electrons. The standard InChI is InChI=1S/C19H26N2O3/c22-17(10-14-4-1-2-5-14)21-8-7-19(13-21)11-16(19)18(23)20-12-15-6-3-9-24-15/h3,6,9,14,16H,1-2,4-5,7-8,10-13H2,(H,20,23)/t16-,19-/m1/s1. The second kappa shape index (κ2) is 6.26. The molecule has 2 amide bonds. The van der Waals surface area contributed by atoms with Crippen LogP contribution >= 0.6 is 0 Å². The molecule has 5 heteroatoms. The molecule has 1 saturated heterocycles. The van der Waals surface area contributed by atoms with Crippen molar-refractivity contribution in [1.29, 1.82) is 0 Å². The molecule has 2 aliphatic carbocycles. The second-order valence-electron chi connectivity index (χ2n) is 7.84. The zero-order chi connectivity index (χ0) is 16.6. The Kier molecular flexibility index (Phi) is 4.10. The van der Waals surface area contributed by atoms with Crippen molar-refractivity contribution in [2.45, 2.75) is 51.5 Å². The van der Waals surface area contributed by atoms with Crippen molar-refractivity contribution < 1.29 is 14.0 Å². The normalized spacial score (nSPS) is 29.3. The minimum atomic E-state index is 0.0542. The third-order valence-corrected chi connectivity index (χ3v) is 6.20. The average molecular weight is 330 g/mol. The molecule has 0 bridgehead atoms. The Morgan fingerprint density at radius 2 is 2.17 bits per heavy atom. The SMILES string of the molecule is O=C(NCc1ccco1)[C@H]1C[C@@]12CCN(C(=O)CC1CCCC1)C2. The molecule has 1 aromatic rings. The van der Waals surface area contributed by atoms with E-state index in [1.54, 1.807) is 6.26 Å². The largest absolute Gasteiger partial charge is 0.467 e. The van der Waals surface area contributed by atoms with Gasteiger partial charge in [-0.3, -0.25) is 9.59 Å². The van der Waals surface area contributed by atoms with E-state index in [-0.39, 0.29) is 17.2 Å². The van der Waals surface area contributed by atoms with Crippen molar-refractivity contribution in [3.63, 3.8) is 0 Å². The third kappa shape index (κ3) is 3.08. The van der Waals surface area contributed by atoms with Crippen LogP contribution in [-0.4, -0.2) is 29.8 Å². The molecule has 1 aliphatic heterocycles. The summed E-state index contributed by atoms with van der Waals surface area (Å²) < 4.78 is 5.25. The zero-order valence-electron chi connectivity index (χ0n) is 14.1. The number of hydrogen-bond acceptors (Lipinski definition) is 3. The van der Waals surface area contributed by atoms with Gasteiger partial charge >= 0.3 is 0 Å². The maximum atomic E-state index is 12.5. The van der Waals surface area contributed by atoms with Crippen LogP contribution in [-0.2, 0) is 16.1 Å². The Balaban J connectivity index is 1.25. The van der Waals surface area contributed by atoms with Gasteiger partial charge < -0.3 is 14.6 Å². The number of hydrogen-bond donors (Lipinski definition) is 1. The molecule has 1 spiro atoms. The van der Waals surface area contributed by atoms with Crippen LogP contribution in [0.3, 0.4) is 0 Å². The van der Waals surface area contributed by atoms with Crippen LogP contribution in [0.25, 0.3) is 0 Å². The lowest BCUT2D eigenvalue weighted by Gasteiger charge is -2.19. The Bertz CT molecular complexity index is 606.